The van der Waals surface area contributed by atoms with Crippen molar-refractivity contribution < 1.29 is 4.79 Å². The van der Waals surface area contributed by atoms with E-state index >= 15 is 0 Å². The van der Waals surface area contributed by atoms with Crippen molar-refractivity contribution in [1.29, 1.82) is 0 Å². The molecule has 3 fully saturated rings. The molecule has 3 rings (SSSR count). The van der Waals surface area contributed by atoms with Gasteiger partial charge in [-0.2, -0.15) is 0 Å². The van der Waals surface area contributed by atoms with Crippen LogP contribution in [-0.4, -0.2) is 30.2 Å². The molecule has 2 saturated carbocycles. The Balaban J connectivity index is 0.000000138. The molecule has 0 aromatic carbocycles. The Morgan fingerprint density at radius 2 is 1.17 bits per heavy atom. The van der Waals surface area contributed by atoms with E-state index in [0.717, 1.165) is 25.7 Å². The fourth-order valence-electron chi connectivity index (χ4n) is 3.04. The fraction of sp³-hybridized carbons (Fsp3) is 0.923. The lowest BCUT2D eigenvalue weighted by Crippen LogP contribution is -2.43. The van der Waals surface area contributed by atoms with E-state index in [1.165, 1.54) is 25.7 Å². The van der Waals surface area contributed by atoms with Crippen molar-refractivity contribution in [3.63, 3.8) is 0 Å². The van der Waals surface area contributed by atoms with Crippen LogP contribution >= 0.6 is 0 Å². The van der Waals surface area contributed by atoms with E-state index in [1.54, 1.807) is 0 Å². The van der Waals surface area contributed by atoms with Crippen molar-refractivity contribution in [2.75, 3.05) is 0 Å². The van der Waals surface area contributed by atoms with Gasteiger partial charge < -0.3 is 22.1 Å². The van der Waals surface area contributed by atoms with E-state index in [9.17, 15) is 4.79 Å². The largest absolute Gasteiger partial charge is 0.333 e. The van der Waals surface area contributed by atoms with Crippen molar-refractivity contribution in [3.05, 3.63) is 0 Å². The molecule has 1 aliphatic heterocycles. The standard InChI is InChI=1S/C7H12N2O.C6H14N2/c10-7-8-5-3-1-2-4-6(5)9-7;7-5-3-1-2-4-6(5)8/h5-6H,1-4H2,(H2,8,9,10);5-6H,1-4,7-8H2. The summed E-state index contributed by atoms with van der Waals surface area (Å²) in [6, 6.07) is 1.45. The molecule has 0 aromatic heterocycles. The van der Waals surface area contributed by atoms with Gasteiger partial charge in [-0.3, -0.25) is 0 Å². The van der Waals surface area contributed by atoms with Crippen LogP contribution < -0.4 is 22.1 Å². The number of carbonyl (C=O) groups excluding carboxylic acids is 1. The minimum atomic E-state index is 0.0249. The average Bonchev–Trinajstić information content (AvgIpc) is 2.74. The normalized spacial score (nSPS) is 38.9. The Kier molecular flexibility index (Phi) is 4.83. The molecule has 0 bridgehead atoms. The summed E-state index contributed by atoms with van der Waals surface area (Å²) in [7, 11) is 0. The second-order valence-corrected chi connectivity index (χ2v) is 5.73. The molecule has 3 aliphatic rings. The molecule has 6 N–H and O–H groups in total. The molecule has 2 aliphatic carbocycles. The zero-order valence-electron chi connectivity index (χ0n) is 11.0. The smallest absolute Gasteiger partial charge is 0.315 e. The van der Waals surface area contributed by atoms with Gasteiger partial charge in [0.15, 0.2) is 0 Å². The SMILES string of the molecule is NC1CCCCC1N.O=C1NC2CCCCC2N1. The topological polar surface area (TPSA) is 93.2 Å². The number of amides is 2. The first-order chi connectivity index (χ1) is 8.66. The highest BCUT2D eigenvalue weighted by Crippen LogP contribution is 2.21. The van der Waals surface area contributed by atoms with Gasteiger partial charge >= 0.3 is 6.03 Å². The molecular weight excluding hydrogens is 228 g/mol. The van der Waals surface area contributed by atoms with Gasteiger partial charge in [0.2, 0.25) is 0 Å². The highest BCUT2D eigenvalue weighted by molar-refractivity contribution is 5.77. The van der Waals surface area contributed by atoms with Gasteiger partial charge in [-0.1, -0.05) is 25.7 Å². The maximum Gasteiger partial charge on any atom is 0.315 e. The van der Waals surface area contributed by atoms with Crippen molar-refractivity contribution in [2.24, 2.45) is 11.5 Å². The molecule has 0 aromatic rings. The number of rotatable bonds is 0. The summed E-state index contributed by atoms with van der Waals surface area (Å²) < 4.78 is 0. The molecule has 5 heteroatoms. The van der Waals surface area contributed by atoms with E-state index in [0.29, 0.717) is 12.1 Å². The van der Waals surface area contributed by atoms with Gasteiger partial charge in [0.25, 0.3) is 0 Å². The van der Waals surface area contributed by atoms with E-state index in [-0.39, 0.29) is 18.1 Å². The number of nitrogens with one attached hydrogen (secondary N) is 2. The minimum absolute atomic E-state index is 0.0249. The lowest BCUT2D eigenvalue weighted by molar-refractivity contribution is 0.247. The molecule has 1 heterocycles. The van der Waals surface area contributed by atoms with Crippen molar-refractivity contribution in [2.45, 2.75) is 75.5 Å². The maximum atomic E-state index is 10.8. The van der Waals surface area contributed by atoms with Crippen LogP contribution in [0.25, 0.3) is 0 Å². The van der Waals surface area contributed by atoms with E-state index < -0.39 is 0 Å². The number of fused-ring (bicyclic) bond motifs is 1. The molecular formula is C13H26N4O. The van der Waals surface area contributed by atoms with Gasteiger partial charge in [0, 0.05) is 12.1 Å². The van der Waals surface area contributed by atoms with Crippen LogP contribution in [0.1, 0.15) is 51.4 Å². The molecule has 0 radical (unpaired) electrons. The molecule has 0 spiro atoms. The molecule has 18 heavy (non-hydrogen) atoms. The zero-order valence-corrected chi connectivity index (χ0v) is 11.0. The molecule has 4 atom stereocenters. The highest BCUT2D eigenvalue weighted by Gasteiger charge is 2.32. The monoisotopic (exact) mass is 254 g/mol. The average molecular weight is 254 g/mol. The number of hydrogen-bond acceptors (Lipinski definition) is 3. The summed E-state index contributed by atoms with van der Waals surface area (Å²) in [6.07, 6.45) is 9.64. The number of nitrogens with two attached hydrogens (primary N) is 2. The first kappa shape index (κ1) is 13.6. The summed E-state index contributed by atoms with van der Waals surface area (Å²) in [5.41, 5.74) is 11.3. The number of urea groups is 1. The van der Waals surface area contributed by atoms with Crippen LogP contribution in [0.4, 0.5) is 4.79 Å². The molecule has 104 valence electrons. The van der Waals surface area contributed by atoms with Gasteiger partial charge in [0.05, 0.1) is 12.1 Å². The van der Waals surface area contributed by atoms with Gasteiger partial charge in [-0.05, 0) is 25.7 Å². The van der Waals surface area contributed by atoms with Crippen LogP contribution in [0.2, 0.25) is 0 Å². The van der Waals surface area contributed by atoms with Gasteiger partial charge in [-0.15, -0.1) is 0 Å². The zero-order chi connectivity index (χ0) is 13.0. The molecule has 1 saturated heterocycles. The lowest BCUT2D eigenvalue weighted by Gasteiger charge is -2.24. The second kappa shape index (κ2) is 6.38. The van der Waals surface area contributed by atoms with Crippen LogP contribution in [-0.2, 0) is 0 Å². The highest BCUT2D eigenvalue weighted by atomic mass is 16.2. The van der Waals surface area contributed by atoms with Crippen LogP contribution in [0.3, 0.4) is 0 Å². The van der Waals surface area contributed by atoms with Crippen molar-refractivity contribution in [3.8, 4) is 0 Å². The van der Waals surface area contributed by atoms with Gasteiger partial charge in [-0.25, -0.2) is 4.79 Å². The third-order valence-electron chi connectivity index (χ3n) is 4.27. The maximum absolute atomic E-state index is 10.8. The summed E-state index contributed by atoms with van der Waals surface area (Å²) in [6.45, 7) is 0. The third kappa shape index (κ3) is 3.59. The van der Waals surface area contributed by atoms with E-state index in [1.807, 2.05) is 0 Å². The Labute approximate surface area is 109 Å². The first-order valence-electron chi connectivity index (χ1n) is 7.25. The molecule has 2 amide bonds. The molecule has 4 unspecified atom stereocenters. The van der Waals surface area contributed by atoms with Crippen LogP contribution in [0, 0.1) is 0 Å². The summed E-state index contributed by atoms with van der Waals surface area (Å²) in [5.74, 6) is 0. The Hall–Kier alpha value is -0.810. The Bertz CT molecular complexity index is 258. The van der Waals surface area contributed by atoms with Crippen molar-refractivity contribution in [1.82, 2.24) is 10.6 Å². The van der Waals surface area contributed by atoms with Crippen LogP contribution in [0.5, 0.6) is 0 Å². The van der Waals surface area contributed by atoms with E-state index in [4.69, 9.17) is 11.5 Å². The summed E-state index contributed by atoms with van der Waals surface area (Å²) >= 11 is 0. The number of hydrogen-bond donors (Lipinski definition) is 4. The molecule has 5 nitrogen and oxygen atoms in total. The minimum Gasteiger partial charge on any atom is -0.333 e. The quantitative estimate of drug-likeness (QED) is 0.516. The van der Waals surface area contributed by atoms with Gasteiger partial charge in [0.1, 0.15) is 0 Å². The first-order valence-corrected chi connectivity index (χ1v) is 7.25. The Morgan fingerprint density at radius 1 is 0.778 bits per heavy atom. The summed E-state index contributed by atoms with van der Waals surface area (Å²) in [5, 5.41) is 5.81. The lowest BCUT2D eigenvalue weighted by atomic mass is 9.92. The second-order valence-electron chi connectivity index (χ2n) is 5.73. The predicted octanol–water partition coefficient (Wildman–Crippen LogP) is 0.825. The van der Waals surface area contributed by atoms with E-state index in [2.05, 4.69) is 10.6 Å². The fourth-order valence-corrected chi connectivity index (χ4v) is 3.04. The number of carbonyl (C=O) groups is 1. The predicted molar refractivity (Wildman–Crippen MR) is 72.1 cm³/mol. The van der Waals surface area contributed by atoms with Crippen LogP contribution in [0.15, 0.2) is 0 Å². The summed E-state index contributed by atoms with van der Waals surface area (Å²) in [4.78, 5) is 10.8. The van der Waals surface area contributed by atoms with Crippen molar-refractivity contribution >= 4 is 6.03 Å². The Morgan fingerprint density at radius 3 is 1.56 bits per heavy atom. The third-order valence-corrected chi connectivity index (χ3v) is 4.27.